The molecule has 3 aromatic rings. The molecule has 0 aromatic carbocycles. The minimum absolute atomic E-state index is 0.132. The molecule has 0 aliphatic carbocycles. The van der Waals surface area contributed by atoms with Crippen molar-refractivity contribution in [3.8, 4) is 11.4 Å². The zero-order chi connectivity index (χ0) is 16.4. The highest BCUT2D eigenvalue weighted by Gasteiger charge is 2.28. The number of likely N-dealkylation sites (tertiary alicyclic amines) is 1. The van der Waals surface area contributed by atoms with Gasteiger partial charge >= 0.3 is 0 Å². The van der Waals surface area contributed by atoms with Gasteiger partial charge in [-0.2, -0.15) is 16.4 Å². The lowest BCUT2D eigenvalue weighted by molar-refractivity contribution is 0.0787. The Morgan fingerprint density at radius 1 is 1.42 bits per heavy atom. The Balaban J connectivity index is 1.39. The van der Waals surface area contributed by atoms with Crippen LogP contribution in [0.15, 0.2) is 41.4 Å². The van der Waals surface area contributed by atoms with Crippen molar-refractivity contribution in [2.45, 2.75) is 12.8 Å². The highest BCUT2D eigenvalue weighted by atomic mass is 32.1. The number of rotatable bonds is 4. The Kier molecular flexibility index (Phi) is 4.08. The predicted molar refractivity (Wildman–Crippen MR) is 91.6 cm³/mol. The molecule has 122 valence electrons. The summed E-state index contributed by atoms with van der Waals surface area (Å²) < 4.78 is 0. The molecular weight excluding hydrogens is 322 g/mol. The van der Waals surface area contributed by atoms with Gasteiger partial charge in [-0.05, 0) is 35.9 Å². The van der Waals surface area contributed by atoms with Crippen LogP contribution in [0.4, 0.5) is 0 Å². The molecule has 6 nitrogen and oxygen atoms in total. The number of hydrogen-bond acceptors (Lipinski definition) is 5. The summed E-state index contributed by atoms with van der Waals surface area (Å²) in [6, 6.07) is 5.70. The summed E-state index contributed by atoms with van der Waals surface area (Å²) in [7, 11) is 0. The molecule has 0 unspecified atom stereocenters. The average Bonchev–Trinajstić information content (AvgIpc) is 3.37. The molecule has 7 heteroatoms. The van der Waals surface area contributed by atoms with E-state index in [2.05, 4.69) is 20.2 Å². The van der Waals surface area contributed by atoms with Gasteiger partial charge in [-0.3, -0.25) is 14.9 Å². The zero-order valence-electron chi connectivity index (χ0n) is 13.1. The number of nitrogens with one attached hydrogen (secondary N) is 1. The Morgan fingerprint density at radius 3 is 3.17 bits per heavy atom. The second-order valence-electron chi connectivity index (χ2n) is 5.97. The molecule has 0 spiro atoms. The first kappa shape index (κ1) is 15.0. The van der Waals surface area contributed by atoms with Gasteiger partial charge in [0.1, 0.15) is 5.82 Å². The van der Waals surface area contributed by atoms with Crippen LogP contribution in [0.2, 0.25) is 0 Å². The van der Waals surface area contributed by atoms with E-state index < -0.39 is 0 Å². The molecule has 4 heterocycles. The summed E-state index contributed by atoms with van der Waals surface area (Å²) in [5, 5.41) is 11.1. The third kappa shape index (κ3) is 3.07. The Bertz CT molecular complexity index is 815. The summed E-state index contributed by atoms with van der Waals surface area (Å²) in [5.74, 6) is 2.08. The first-order chi connectivity index (χ1) is 11.8. The van der Waals surface area contributed by atoms with E-state index in [1.807, 2.05) is 33.9 Å². The number of amides is 1. The van der Waals surface area contributed by atoms with E-state index in [9.17, 15) is 4.79 Å². The van der Waals surface area contributed by atoms with E-state index >= 15 is 0 Å². The number of carbonyl (C=O) groups is 1. The molecule has 24 heavy (non-hydrogen) atoms. The van der Waals surface area contributed by atoms with Crippen molar-refractivity contribution in [3.05, 3.63) is 52.7 Å². The fourth-order valence-corrected chi connectivity index (χ4v) is 3.67. The molecule has 1 aliphatic rings. The topological polar surface area (TPSA) is 74.8 Å². The number of aromatic amines is 1. The third-order valence-electron chi connectivity index (χ3n) is 4.27. The van der Waals surface area contributed by atoms with Crippen LogP contribution in [-0.4, -0.2) is 44.1 Å². The van der Waals surface area contributed by atoms with Gasteiger partial charge in [-0.1, -0.05) is 0 Å². The van der Waals surface area contributed by atoms with Gasteiger partial charge < -0.3 is 4.90 Å². The van der Waals surface area contributed by atoms with E-state index in [0.717, 1.165) is 42.9 Å². The van der Waals surface area contributed by atoms with Crippen LogP contribution in [0.1, 0.15) is 22.6 Å². The first-order valence-electron chi connectivity index (χ1n) is 7.93. The van der Waals surface area contributed by atoms with Crippen LogP contribution >= 0.6 is 11.3 Å². The van der Waals surface area contributed by atoms with Gasteiger partial charge in [-0.25, -0.2) is 4.98 Å². The van der Waals surface area contributed by atoms with Gasteiger partial charge in [0.15, 0.2) is 5.82 Å². The summed E-state index contributed by atoms with van der Waals surface area (Å²) in [6.45, 7) is 1.58. The van der Waals surface area contributed by atoms with Gasteiger partial charge in [0.05, 0.1) is 5.56 Å². The van der Waals surface area contributed by atoms with Gasteiger partial charge in [0, 0.05) is 42.8 Å². The maximum Gasteiger partial charge on any atom is 0.254 e. The fraction of sp³-hybridized carbons (Fsp3) is 0.294. The average molecular weight is 339 g/mol. The van der Waals surface area contributed by atoms with Crippen LogP contribution in [0, 0.1) is 5.92 Å². The van der Waals surface area contributed by atoms with E-state index in [1.54, 1.807) is 23.7 Å². The third-order valence-corrected chi connectivity index (χ3v) is 4.96. The summed E-state index contributed by atoms with van der Waals surface area (Å²) >= 11 is 1.55. The van der Waals surface area contributed by atoms with Crippen molar-refractivity contribution in [1.82, 2.24) is 25.1 Å². The standard InChI is InChI=1S/C17H17N5OS/c23-17(14-4-7-24-11-14)22-6-3-12(10-22)8-15-19-16(21-20-15)13-2-1-5-18-9-13/h1-2,4-5,7,9,11-12H,3,6,8,10H2,(H,19,20,21)/t12-/m1/s1. The number of H-pyrrole nitrogens is 1. The minimum Gasteiger partial charge on any atom is -0.338 e. The van der Waals surface area contributed by atoms with Crippen molar-refractivity contribution in [1.29, 1.82) is 0 Å². The molecule has 0 radical (unpaired) electrons. The van der Waals surface area contributed by atoms with Crippen molar-refractivity contribution in [3.63, 3.8) is 0 Å². The highest BCUT2D eigenvalue weighted by molar-refractivity contribution is 7.08. The molecule has 1 aliphatic heterocycles. The Morgan fingerprint density at radius 2 is 2.38 bits per heavy atom. The van der Waals surface area contributed by atoms with Crippen molar-refractivity contribution >= 4 is 17.2 Å². The maximum atomic E-state index is 12.4. The number of hydrogen-bond donors (Lipinski definition) is 1. The van der Waals surface area contributed by atoms with Gasteiger partial charge in [0.2, 0.25) is 0 Å². The molecule has 0 bridgehead atoms. The van der Waals surface area contributed by atoms with Crippen molar-refractivity contribution in [2.24, 2.45) is 5.92 Å². The molecular formula is C17H17N5OS. The normalized spacial score (nSPS) is 17.3. The number of aromatic nitrogens is 4. The zero-order valence-corrected chi connectivity index (χ0v) is 13.9. The van der Waals surface area contributed by atoms with Crippen molar-refractivity contribution in [2.75, 3.05) is 13.1 Å². The summed E-state index contributed by atoms with van der Waals surface area (Å²) in [5.41, 5.74) is 1.69. The monoisotopic (exact) mass is 339 g/mol. The van der Waals surface area contributed by atoms with E-state index in [-0.39, 0.29) is 5.91 Å². The van der Waals surface area contributed by atoms with E-state index in [0.29, 0.717) is 11.7 Å². The lowest BCUT2D eigenvalue weighted by Crippen LogP contribution is -2.28. The van der Waals surface area contributed by atoms with E-state index in [4.69, 9.17) is 0 Å². The summed E-state index contributed by atoms with van der Waals surface area (Å²) in [4.78, 5) is 23.0. The number of pyridine rings is 1. The Labute approximate surface area is 143 Å². The van der Waals surface area contributed by atoms with Crippen LogP contribution in [0.5, 0.6) is 0 Å². The van der Waals surface area contributed by atoms with Crippen molar-refractivity contribution < 1.29 is 4.79 Å². The van der Waals surface area contributed by atoms with Crippen LogP contribution < -0.4 is 0 Å². The van der Waals surface area contributed by atoms with Crippen LogP contribution in [0.25, 0.3) is 11.4 Å². The molecule has 4 rings (SSSR count). The van der Waals surface area contributed by atoms with Gasteiger partial charge in [-0.15, -0.1) is 0 Å². The van der Waals surface area contributed by atoms with E-state index in [1.165, 1.54) is 0 Å². The summed E-state index contributed by atoms with van der Waals surface area (Å²) in [6.07, 6.45) is 5.29. The second kappa shape index (κ2) is 6.52. The molecule has 1 amide bonds. The molecule has 1 fully saturated rings. The maximum absolute atomic E-state index is 12.4. The predicted octanol–water partition coefficient (Wildman–Crippen LogP) is 2.63. The SMILES string of the molecule is O=C(c1ccsc1)N1CC[C@H](Cc2nc(-c3cccnc3)n[nH]2)C1. The fourth-order valence-electron chi connectivity index (χ4n) is 3.04. The first-order valence-corrected chi connectivity index (χ1v) is 8.87. The van der Waals surface area contributed by atoms with Gasteiger partial charge in [0.25, 0.3) is 5.91 Å². The quantitative estimate of drug-likeness (QED) is 0.793. The van der Waals surface area contributed by atoms with Crippen LogP contribution in [0.3, 0.4) is 0 Å². The second-order valence-corrected chi connectivity index (χ2v) is 6.75. The molecule has 1 N–H and O–H groups in total. The minimum atomic E-state index is 0.132. The number of nitrogens with zero attached hydrogens (tertiary/aromatic N) is 4. The molecule has 1 atom stereocenters. The number of thiophene rings is 1. The largest absolute Gasteiger partial charge is 0.338 e. The molecule has 0 saturated carbocycles. The molecule has 1 saturated heterocycles. The highest BCUT2D eigenvalue weighted by Crippen LogP contribution is 2.23. The lowest BCUT2D eigenvalue weighted by Gasteiger charge is -2.15. The molecule has 3 aromatic heterocycles. The smallest absolute Gasteiger partial charge is 0.254 e. The lowest BCUT2D eigenvalue weighted by atomic mass is 10.1. The van der Waals surface area contributed by atoms with Crippen LogP contribution in [-0.2, 0) is 6.42 Å². The Hall–Kier alpha value is -2.54. The number of carbonyl (C=O) groups excluding carboxylic acids is 1.